The van der Waals surface area contributed by atoms with Crippen LogP contribution in [-0.4, -0.2) is 36.4 Å². The first-order chi connectivity index (χ1) is 14.4. The molecule has 0 aliphatic heterocycles. The lowest BCUT2D eigenvalue weighted by Crippen LogP contribution is -2.35. The van der Waals surface area contributed by atoms with E-state index in [9.17, 15) is 19.2 Å². The Balaban J connectivity index is 1.69. The predicted octanol–water partition coefficient (Wildman–Crippen LogP) is 1.86. The van der Waals surface area contributed by atoms with Crippen LogP contribution in [-0.2, 0) is 9.59 Å². The number of nitrogens with one attached hydrogen (secondary N) is 4. The Morgan fingerprint density at radius 2 is 1.83 bits per heavy atom. The summed E-state index contributed by atoms with van der Waals surface area (Å²) >= 11 is 0. The summed E-state index contributed by atoms with van der Waals surface area (Å²) in [6, 6.07) is 11.6. The van der Waals surface area contributed by atoms with Gasteiger partial charge >= 0.3 is 0 Å². The van der Waals surface area contributed by atoms with Crippen molar-refractivity contribution in [3.05, 3.63) is 64.4 Å². The lowest BCUT2D eigenvalue weighted by atomic mass is 10.1. The molecule has 0 spiro atoms. The Labute approximate surface area is 171 Å². The number of benzene rings is 2. The molecule has 154 valence electrons. The fourth-order valence-electron chi connectivity index (χ4n) is 2.87. The van der Waals surface area contributed by atoms with Crippen LogP contribution in [0.3, 0.4) is 0 Å². The van der Waals surface area contributed by atoms with Crippen molar-refractivity contribution in [2.24, 2.45) is 0 Å². The average Bonchev–Trinajstić information content (AvgIpc) is 2.72. The average molecular weight is 408 g/mol. The van der Waals surface area contributed by atoms with Crippen molar-refractivity contribution in [2.45, 2.75) is 6.92 Å². The van der Waals surface area contributed by atoms with Crippen LogP contribution in [0.15, 0.2) is 53.5 Å². The molecule has 0 unspecified atom stereocenters. The number of ether oxygens (including phenoxy) is 1. The van der Waals surface area contributed by atoms with Crippen LogP contribution in [0.4, 0.5) is 11.4 Å². The standard InChI is InChI=1S/C21H20N4O5/c1-12(26)24-13-7-8-18(30-2)17(9-13)25-19(27)11-23-21(29)15-10-22-16-6-4-3-5-14(16)20(15)28/h3-10H,11H2,1-2H3,(H,22,28)(H,23,29)(H,24,26)(H,25,27). The minimum Gasteiger partial charge on any atom is -0.495 e. The SMILES string of the molecule is COc1ccc(NC(C)=O)cc1NC(=O)CNC(=O)c1c[nH]c2ccccc2c1=O. The summed E-state index contributed by atoms with van der Waals surface area (Å²) in [5.41, 5.74) is 0.901. The molecular weight excluding hydrogens is 388 g/mol. The van der Waals surface area contributed by atoms with Gasteiger partial charge in [-0.15, -0.1) is 0 Å². The molecule has 3 aromatic rings. The number of carbonyl (C=O) groups is 3. The van der Waals surface area contributed by atoms with Crippen LogP contribution in [0, 0.1) is 0 Å². The Morgan fingerprint density at radius 3 is 2.57 bits per heavy atom. The summed E-state index contributed by atoms with van der Waals surface area (Å²) in [5.74, 6) is -1.07. The first-order valence-corrected chi connectivity index (χ1v) is 9.03. The second-order valence-electron chi connectivity index (χ2n) is 6.40. The van der Waals surface area contributed by atoms with Gasteiger partial charge in [-0.2, -0.15) is 0 Å². The monoisotopic (exact) mass is 408 g/mol. The van der Waals surface area contributed by atoms with E-state index in [1.807, 2.05) is 0 Å². The number of anilines is 2. The normalized spacial score (nSPS) is 10.3. The molecule has 0 saturated carbocycles. The topological polar surface area (TPSA) is 129 Å². The van der Waals surface area contributed by atoms with Crippen molar-refractivity contribution in [1.82, 2.24) is 10.3 Å². The fourth-order valence-corrected chi connectivity index (χ4v) is 2.87. The Bertz CT molecular complexity index is 1190. The fraction of sp³-hybridized carbons (Fsp3) is 0.143. The molecule has 3 amide bonds. The van der Waals surface area contributed by atoms with Gasteiger partial charge in [0, 0.05) is 29.7 Å². The Morgan fingerprint density at radius 1 is 1.07 bits per heavy atom. The van der Waals surface area contributed by atoms with Gasteiger partial charge in [-0.1, -0.05) is 12.1 Å². The zero-order valence-electron chi connectivity index (χ0n) is 16.4. The van der Waals surface area contributed by atoms with Gasteiger partial charge in [0.2, 0.25) is 17.2 Å². The Kier molecular flexibility index (Phi) is 6.11. The molecule has 0 saturated heterocycles. The molecule has 0 aliphatic rings. The smallest absolute Gasteiger partial charge is 0.257 e. The number of hydrogen-bond acceptors (Lipinski definition) is 5. The van der Waals surface area contributed by atoms with Gasteiger partial charge in [-0.3, -0.25) is 19.2 Å². The van der Waals surface area contributed by atoms with Gasteiger partial charge in [0.05, 0.1) is 19.3 Å². The number of fused-ring (bicyclic) bond motifs is 1. The van der Waals surface area contributed by atoms with Crippen LogP contribution in [0.1, 0.15) is 17.3 Å². The highest BCUT2D eigenvalue weighted by Crippen LogP contribution is 2.27. The molecule has 0 aliphatic carbocycles. The first kappa shape index (κ1) is 20.6. The van der Waals surface area contributed by atoms with E-state index >= 15 is 0 Å². The zero-order valence-corrected chi connectivity index (χ0v) is 16.4. The van der Waals surface area contributed by atoms with Gasteiger partial charge in [0.25, 0.3) is 5.91 Å². The molecule has 0 atom stereocenters. The summed E-state index contributed by atoms with van der Waals surface area (Å²) in [6.45, 7) is 1.01. The van der Waals surface area contributed by atoms with Crippen molar-refractivity contribution in [3.63, 3.8) is 0 Å². The van der Waals surface area contributed by atoms with Crippen LogP contribution in [0.5, 0.6) is 5.75 Å². The van der Waals surface area contributed by atoms with E-state index in [1.54, 1.807) is 36.4 Å². The lowest BCUT2D eigenvalue weighted by molar-refractivity contribution is -0.115. The highest BCUT2D eigenvalue weighted by molar-refractivity contribution is 6.01. The van der Waals surface area contributed by atoms with E-state index < -0.39 is 17.2 Å². The minimum atomic E-state index is -0.670. The molecular formula is C21H20N4O5. The predicted molar refractivity (Wildman–Crippen MR) is 113 cm³/mol. The number of pyridine rings is 1. The van der Waals surface area contributed by atoms with Crippen LogP contribution in [0.2, 0.25) is 0 Å². The van der Waals surface area contributed by atoms with E-state index in [0.29, 0.717) is 28.0 Å². The van der Waals surface area contributed by atoms with Crippen molar-refractivity contribution < 1.29 is 19.1 Å². The number of rotatable bonds is 6. The van der Waals surface area contributed by atoms with Crippen molar-refractivity contribution in [1.29, 1.82) is 0 Å². The van der Waals surface area contributed by atoms with Crippen LogP contribution < -0.4 is 26.1 Å². The second-order valence-corrected chi connectivity index (χ2v) is 6.40. The summed E-state index contributed by atoms with van der Waals surface area (Å²) in [7, 11) is 1.44. The molecule has 0 fully saturated rings. The molecule has 4 N–H and O–H groups in total. The number of aromatic amines is 1. The van der Waals surface area contributed by atoms with Gasteiger partial charge in [-0.05, 0) is 30.3 Å². The van der Waals surface area contributed by atoms with Crippen LogP contribution >= 0.6 is 0 Å². The quantitative estimate of drug-likeness (QED) is 0.495. The summed E-state index contributed by atoms with van der Waals surface area (Å²) in [4.78, 5) is 51.3. The minimum absolute atomic E-state index is 0.0910. The van der Waals surface area contributed by atoms with Crippen molar-refractivity contribution >= 4 is 40.0 Å². The number of aromatic nitrogens is 1. The summed E-state index contributed by atoms with van der Waals surface area (Å²) < 4.78 is 5.20. The number of hydrogen-bond donors (Lipinski definition) is 4. The van der Waals surface area contributed by atoms with Crippen molar-refractivity contribution in [3.8, 4) is 5.75 Å². The molecule has 9 heteroatoms. The molecule has 30 heavy (non-hydrogen) atoms. The van der Waals surface area contributed by atoms with Crippen LogP contribution in [0.25, 0.3) is 10.9 Å². The second kappa shape index (κ2) is 8.91. The van der Waals surface area contributed by atoms with Gasteiger partial charge in [0.1, 0.15) is 11.3 Å². The first-order valence-electron chi connectivity index (χ1n) is 9.03. The van der Waals surface area contributed by atoms with E-state index in [2.05, 4.69) is 20.9 Å². The number of para-hydroxylation sites is 1. The molecule has 0 bridgehead atoms. The number of carbonyl (C=O) groups excluding carboxylic acids is 3. The molecule has 0 radical (unpaired) electrons. The molecule has 2 aromatic carbocycles. The van der Waals surface area contributed by atoms with Gasteiger partial charge < -0.3 is 25.7 Å². The maximum atomic E-state index is 12.5. The lowest BCUT2D eigenvalue weighted by Gasteiger charge is -2.13. The van der Waals surface area contributed by atoms with Gasteiger partial charge in [-0.25, -0.2) is 0 Å². The maximum absolute atomic E-state index is 12.5. The zero-order chi connectivity index (χ0) is 21.7. The third-order valence-electron chi connectivity index (χ3n) is 4.24. The molecule has 1 aromatic heterocycles. The number of H-pyrrole nitrogens is 1. The van der Waals surface area contributed by atoms with E-state index in [-0.39, 0.29) is 18.0 Å². The van der Waals surface area contributed by atoms with E-state index in [0.717, 1.165) is 0 Å². The van der Waals surface area contributed by atoms with E-state index in [1.165, 1.54) is 26.3 Å². The number of methoxy groups -OCH3 is 1. The van der Waals surface area contributed by atoms with Gasteiger partial charge in [0.15, 0.2) is 0 Å². The third kappa shape index (κ3) is 4.64. The highest BCUT2D eigenvalue weighted by Gasteiger charge is 2.15. The summed E-state index contributed by atoms with van der Waals surface area (Å²) in [6.07, 6.45) is 1.32. The molecule has 1 heterocycles. The van der Waals surface area contributed by atoms with E-state index in [4.69, 9.17) is 4.74 Å². The van der Waals surface area contributed by atoms with Crippen molar-refractivity contribution in [2.75, 3.05) is 24.3 Å². The largest absolute Gasteiger partial charge is 0.495 e. The maximum Gasteiger partial charge on any atom is 0.257 e. The summed E-state index contributed by atoms with van der Waals surface area (Å²) in [5, 5.41) is 8.03. The third-order valence-corrected chi connectivity index (χ3v) is 4.24. The molecule has 9 nitrogen and oxygen atoms in total. The number of amides is 3. The molecule has 3 rings (SSSR count). The Hall–Kier alpha value is -4.14. The highest BCUT2D eigenvalue weighted by atomic mass is 16.5.